The largest absolute Gasteiger partial charge is 0.507 e. The van der Waals surface area contributed by atoms with Gasteiger partial charge < -0.3 is 19.7 Å². The van der Waals surface area contributed by atoms with Crippen molar-refractivity contribution in [3.05, 3.63) is 64.2 Å². The van der Waals surface area contributed by atoms with Crippen LogP contribution < -0.4 is 4.72 Å². The Kier molecular flexibility index (Phi) is 6.79. The zero-order valence-electron chi connectivity index (χ0n) is 14.3. The van der Waals surface area contributed by atoms with Crippen molar-refractivity contribution in [2.75, 3.05) is 17.9 Å². The van der Waals surface area contributed by atoms with Gasteiger partial charge in [0.1, 0.15) is 28.1 Å². The van der Waals surface area contributed by atoms with Gasteiger partial charge in [0.25, 0.3) is 0 Å². The second-order valence-corrected chi connectivity index (χ2v) is 8.32. The molecule has 0 radical (unpaired) electrons. The average molecular weight is 440 g/mol. The maximum absolute atomic E-state index is 13.4. The van der Waals surface area contributed by atoms with Gasteiger partial charge in [-0.1, -0.05) is 23.7 Å². The first-order valence-corrected chi connectivity index (χ1v) is 10.1. The molecule has 0 aliphatic heterocycles. The summed E-state index contributed by atoms with van der Waals surface area (Å²) in [6.07, 6.45) is 0. The number of thiophene rings is 1. The number of hydrogen-bond donors (Lipinski definition) is 3. The molecule has 5 nitrogen and oxygen atoms in total. The number of ether oxygens (including phenoxy) is 1. The van der Waals surface area contributed by atoms with Gasteiger partial charge in [0.15, 0.2) is 0 Å². The standard InChI is InChI=1S/C19H15ClFNO4S2/c20-18-15(11-2-1-3-12(21)8-11)10-17(27-18)28-22-13-4-5-14(16(24)9-13)19(25)26-7-6-23/h1-5,8-10,22-24H,6-7H2. The molecule has 0 spiro atoms. The van der Waals surface area contributed by atoms with Crippen LogP contribution >= 0.6 is 34.9 Å². The maximum Gasteiger partial charge on any atom is 0.341 e. The fraction of sp³-hybridized carbons (Fsp3) is 0.105. The number of hydrogen-bond acceptors (Lipinski definition) is 7. The van der Waals surface area contributed by atoms with Crippen molar-refractivity contribution >= 4 is 46.5 Å². The summed E-state index contributed by atoms with van der Waals surface area (Å²) in [5, 5.41) is 18.7. The molecule has 3 aromatic rings. The van der Waals surface area contributed by atoms with Crippen LogP contribution in [0.15, 0.2) is 52.7 Å². The summed E-state index contributed by atoms with van der Waals surface area (Å²) in [4.78, 5) is 11.8. The van der Waals surface area contributed by atoms with Crippen LogP contribution in [0, 0.1) is 5.82 Å². The van der Waals surface area contributed by atoms with E-state index in [9.17, 15) is 14.3 Å². The number of phenols is 1. The number of aliphatic hydroxyl groups is 1. The van der Waals surface area contributed by atoms with E-state index in [1.165, 1.54) is 47.6 Å². The molecule has 1 aromatic heterocycles. The van der Waals surface area contributed by atoms with Crippen molar-refractivity contribution in [3.8, 4) is 16.9 Å². The molecule has 1 heterocycles. The smallest absolute Gasteiger partial charge is 0.341 e. The SMILES string of the molecule is O=C(OCCO)c1ccc(NSc2cc(-c3cccc(F)c3)c(Cl)s2)cc1O. The Balaban J connectivity index is 1.68. The quantitative estimate of drug-likeness (QED) is 0.347. The first kappa shape index (κ1) is 20.5. The maximum atomic E-state index is 13.4. The van der Waals surface area contributed by atoms with E-state index >= 15 is 0 Å². The van der Waals surface area contributed by atoms with Gasteiger partial charge in [-0.3, -0.25) is 0 Å². The first-order valence-electron chi connectivity index (χ1n) is 8.07. The molecule has 0 bridgehead atoms. The average Bonchev–Trinajstić information content (AvgIpc) is 3.05. The van der Waals surface area contributed by atoms with Gasteiger partial charge in [-0.15, -0.1) is 11.3 Å². The van der Waals surface area contributed by atoms with E-state index in [1.54, 1.807) is 18.2 Å². The minimum atomic E-state index is -0.712. The lowest BCUT2D eigenvalue weighted by Crippen LogP contribution is -2.09. The van der Waals surface area contributed by atoms with E-state index in [1.807, 2.05) is 6.07 Å². The number of anilines is 1. The minimum absolute atomic E-state index is 0.0107. The van der Waals surface area contributed by atoms with Gasteiger partial charge in [0.2, 0.25) is 0 Å². The summed E-state index contributed by atoms with van der Waals surface area (Å²) >= 11 is 8.89. The fourth-order valence-electron chi connectivity index (χ4n) is 2.34. The highest BCUT2D eigenvalue weighted by atomic mass is 35.5. The second-order valence-electron chi connectivity index (χ2n) is 5.56. The van der Waals surface area contributed by atoms with Crippen LogP contribution in [0.25, 0.3) is 11.1 Å². The first-order chi connectivity index (χ1) is 13.5. The highest BCUT2D eigenvalue weighted by molar-refractivity contribution is 8.02. The number of carbonyl (C=O) groups excluding carboxylic acids is 1. The second kappa shape index (κ2) is 9.29. The summed E-state index contributed by atoms with van der Waals surface area (Å²) in [5.74, 6) is -1.28. The van der Waals surface area contributed by atoms with E-state index in [2.05, 4.69) is 4.72 Å². The van der Waals surface area contributed by atoms with Gasteiger partial charge in [-0.05, 0) is 47.8 Å². The molecule has 9 heteroatoms. The lowest BCUT2D eigenvalue weighted by molar-refractivity contribution is 0.0430. The fourth-order valence-corrected chi connectivity index (χ4v) is 4.60. The Hall–Kier alpha value is -2.26. The molecule has 0 unspecified atom stereocenters. The predicted molar refractivity (Wildman–Crippen MR) is 110 cm³/mol. The van der Waals surface area contributed by atoms with Crippen molar-refractivity contribution in [2.45, 2.75) is 4.21 Å². The molecular formula is C19H15ClFNO4S2. The topological polar surface area (TPSA) is 78.8 Å². The number of phenolic OH excluding ortho intramolecular Hbond substituents is 1. The highest BCUT2D eigenvalue weighted by Crippen LogP contribution is 2.40. The van der Waals surface area contributed by atoms with Crippen molar-refractivity contribution in [1.82, 2.24) is 0 Å². The normalized spacial score (nSPS) is 10.7. The van der Waals surface area contributed by atoms with Crippen molar-refractivity contribution in [3.63, 3.8) is 0 Å². The zero-order chi connectivity index (χ0) is 20.1. The molecule has 0 amide bonds. The molecule has 146 valence electrons. The molecule has 3 rings (SSSR count). The molecule has 2 aromatic carbocycles. The summed E-state index contributed by atoms with van der Waals surface area (Å²) in [5.41, 5.74) is 2.01. The Morgan fingerprint density at radius 1 is 1.25 bits per heavy atom. The van der Waals surface area contributed by atoms with Gasteiger partial charge >= 0.3 is 5.97 Å². The van der Waals surface area contributed by atoms with E-state index in [0.717, 1.165) is 9.77 Å². The lowest BCUT2D eigenvalue weighted by atomic mass is 10.1. The summed E-state index contributed by atoms with van der Waals surface area (Å²) < 4.78 is 22.7. The third-order valence-corrected chi connectivity index (χ3v) is 5.92. The van der Waals surface area contributed by atoms with Crippen LogP contribution in [0.4, 0.5) is 10.1 Å². The van der Waals surface area contributed by atoms with Gasteiger partial charge in [-0.2, -0.15) is 0 Å². The number of aliphatic hydroxyl groups excluding tert-OH is 1. The van der Waals surface area contributed by atoms with Gasteiger partial charge in [0.05, 0.1) is 10.8 Å². The lowest BCUT2D eigenvalue weighted by Gasteiger charge is -2.08. The molecule has 0 atom stereocenters. The molecule has 0 saturated carbocycles. The Morgan fingerprint density at radius 2 is 2.07 bits per heavy atom. The monoisotopic (exact) mass is 439 g/mol. The number of rotatable bonds is 7. The number of esters is 1. The third-order valence-electron chi connectivity index (χ3n) is 3.61. The molecular weight excluding hydrogens is 425 g/mol. The Morgan fingerprint density at radius 3 is 2.79 bits per heavy atom. The molecule has 3 N–H and O–H groups in total. The van der Waals surface area contributed by atoms with Crippen LogP contribution in [-0.2, 0) is 4.74 Å². The molecule has 0 aliphatic carbocycles. The Bertz CT molecular complexity index is 996. The summed E-state index contributed by atoms with van der Waals surface area (Å²) in [6, 6.07) is 12.5. The van der Waals surface area contributed by atoms with Crippen LogP contribution in [0.3, 0.4) is 0 Å². The molecule has 0 fully saturated rings. The molecule has 0 aliphatic rings. The number of aromatic hydroxyl groups is 1. The number of benzene rings is 2. The van der Waals surface area contributed by atoms with Crippen molar-refractivity contribution in [2.24, 2.45) is 0 Å². The third kappa shape index (κ3) is 4.96. The van der Waals surface area contributed by atoms with E-state index in [4.69, 9.17) is 21.4 Å². The summed E-state index contributed by atoms with van der Waals surface area (Å²) in [7, 11) is 0. The summed E-state index contributed by atoms with van der Waals surface area (Å²) in [6.45, 7) is -0.426. The van der Waals surface area contributed by atoms with Crippen LogP contribution in [0.2, 0.25) is 4.34 Å². The van der Waals surface area contributed by atoms with E-state index in [-0.39, 0.29) is 30.3 Å². The molecule has 28 heavy (non-hydrogen) atoms. The van der Waals surface area contributed by atoms with Crippen molar-refractivity contribution in [1.29, 1.82) is 0 Å². The minimum Gasteiger partial charge on any atom is -0.507 e. The van der Waals surface area contributed by atoms with E-state index in [0.29, 0.717) is 15.6 Å². The zero-order valence-corrected chi connectivity index (χ0v) is 16.7. The number of nitrogens with one attached hydrogen (secondary N) is 1. The van der Waals surface area contributed by atoms with Crippen LogP contribution in [-0.4, -0.2) is 29.4 Å². The van der Waals surface area contributed by atoms with Gasteiger partial charge in [0, 0.05) is 17.3 Å². The van der Waals surface area contributed by atoms with Crippen molar-refractivity contribution < 1.29 is 24.1 Å². The number of halogens is 2. The highest BCUT2D eigenvalue weighted by Gasteiger charge is 2.14. The predicted octanol–water partition coefficient (Wildman–Crippen LogP) is 5.18. The molecule has 0 saturated heterocycles. The number of carbonyl (C=O) groups is 1. The Labute approximate surface area is 173 Å². The van der Waals surface area contributed by atoms with Gasteiger partial charge in [-0.25, -0.2) is 9.18 Å². The van der Waals surface area contributed by atoms with Crippen LogP contribution in [0.1, 0.15) is 10.4 Å². The van der Waals surface area contributed by atoms with E-state index < -0.39 is 5.97 Å². The van der Waals surface area contributed by atoms with Crippen LogP contribution in [0.5, 0.6) is 5.75 Å².